The van der Waals surface area contributed by atoms with Crippen LogP contribution in [0.15, 0.2) is 24.3 Å². The van der Waals surface area contributed by atoms with Gasteiger partial charge in [-0.15, -0.1) is 0 Å². The number of hydrogen-bond acceptors (Lipinski definition) is 6. The molecule has 0 aromatic carbocycles. The topological polar surface area (TPSA) is 78.9 Å². The molecule has 6 nitrogen and oxygen atoms in total. The fourth-order valence-electron chi connectivity index (χ4n) is 8.91. The molecule has 0 rings (SSSR count). The quantitative estimate of drug-likeness (QED) is 0.0262. The molecule has 394 valence electrons. The van der Waals surface area contributed by atoms with Gasteiger partial charge in [0.2, 0.25) is 0 Å². The summed E-state index contributed by atoms with van der Waals surface area (Å²) in [6.45, 7) is 6.66. The molecule has 0 aromatic rings. The third-order valence-electron chi connectivity index (χ3n) is 13.4. The molecule has 1 unspecified atom stereocenters. The second kappa shape index (κ2) is 56.5. The van der Waals surface area contributed by atoms with Crippen LogP contribution in [0.25, 0.3) is 0 Å². The van der Waals surface area contributed by atoms with E-state index in [9.17, 15) is 14.4 Å². The Morgan fingerprint density at radius 1 is 0.284 bits per heavy atom. The van der Waals surface area contributed by atoms with Gasteiger partial charge >= 0.3 is 17.9 Å². The lowest BCUT2D eigenvalue weighted by molar-refractivity contribution is -0.167. The molecule has 0 fully saturated rings. The molecule has 0 amide bonds. The average Bonchev–Trinajstić information content (AvgIpc) is 3.33. The lowest BCUT2D eigenvalue weighted by Crippen LogP contribution is -2.30. The van der Waals surface area contributed by atoms with E-state index in [1.165, 1.54) is 231 Å². The largest absolute Gasteiger partial charge is 0.462 e. The number of esters is 3. The summed E-state index contributed by atoms with van der Waals surface area (Å²) in [5.74, 6) is -0.857. The highest BCUT2D eigenvalue weighted by molar-refractivity contribution is 5.71. The van der Waals surface area contributed by atoms with E-state index in [0.717, 1.165) is 57.8 Å². The van der Waals surface area contributed by atoms with Gasteiger partial charge in [-0.2, -0.15) is 0 Å². The fraction of sp³-hybridized carbons (Fsp3) is 0.885. The van der Waals surface area contributed by atoms with Gasteiger partial charge in [-0.3, -0.25) is 14.4 Å². The first-order valence-electron chi connectivity index (χ1n) is 29.8. The zero-order valence-corrected chi connectivity index (χ0v) is 45.2. The molecule has 0 aliphatic rings. The van der Waals surface area contributed by atoms with Gasteiger partial charge in [0.1, 0.15) is 13.2 Å². The van der Waals surface area contributed by atoms with Crippen LogP contribution in [0.5, 0.6) is 0 Å². The summed E-state index contributed by atoms with van der Waals surface area (Å²) in [5, 5.41) is 0. The first-order valence-corrected chi connectivity index (χ1v) is 29.8. The van der Waals surface area contributed by atoms with Crippen LogP contribution >= 0.6 is 0 Å². The maximum Gasteiger partial charge on any atom is 0.306 e. The summed E-state index contributed by atoms with van der Waals surface area (Å²) in [6, 6.07) is 0. The van der Waals surface area contributed by atoms with Gasteiger partial charge in [0.15, 0.2) is 6.10 Å². The van der Waals surface area contributed by atoms with Gasteiger partial charge < -0.3 is 14.2 Å². The maximum atomic E-state index is 12.9. The maximum absolute atomic E-state index is 12.9. The van der Waals surface area contributed by atoms with Crippen LogP contribution in [0, 0.1) is 0 Å². The highest BCUT2D eigenvalue weighted by Gasteiger charge is 2.19. The standard InChI is InChI=1S/C61H114O6/c1-4-7-10-13-16-19-22-25-28-29-30-31-34-36-39-42-45-48-51-54-60(63)66-57-58(67-61(64)55-52-49-46-43-40-37-33-27-24-21-18-15-12-9-6-3)56-65-59(62)53-50-47-44-41-38-35-32-26-23-20-17-14-11-8-5-2/h20-21,23-24,58H,4-19,22,25-57H2,1-3H3/b23-20-,24-21-. The Hall–Kier alpha value is -2.11. The van der Waals surface area contributed by atoms with Crippen LogP contribution in [0.4, 0.5) is 0 Å². The fourth-order valence-corrected chi connectivity index (χ4v) is 8.91. The van der Waals surface area contributed by atoms with E-state index in [2.05, 4.69) is 45.1 Å². The summed E-state index contributed by atoms with van der Waals surface area (Å²) in [6.07, 6.45) is 66.0. The molecule has 0 bridgehead atoms. The highest BCUT2D eigenvalue weighted by atomic mass is 16.6. The van der Waals surface area contributed by atoms with Crippen LogP contribution in [0.2, 0.25) is 0 Å². The van der Waals surface area contributed by atoms with Crippen molar-refractivity contribution in [1.82, 2.24) is 0 Å². The SMILES string of the molecule is CCCCCC/C=C\CCCCCCCCCC(=O)OCC(COC(=O)CCCCCCCCCCCCCCCCCCCCC)OC(=O)CCCCCCCCC/C=C\CCCCCC. The Labute approximate surface area is 417 Å². The molecule has 0 saturated carbocycles. The Balaban J connectivity index is 4.31. The highest BCUT2D eigenvalue weighted by Crippen LogP contribution is 2.17. The zero-order valence-electron chi connectivity index (χ0n) is 45.2. The number of allylic oxidation sites excluding steroid dienone is 4. The summed E-state index contributed by atoms with van der Waals surface area (Å²) in [7, 11) is 0. The third kappa shape index (κ3) is 54.7. The van der Waals surface area contributed by atoms with Gasteiger partial charge in [-0.25, -0.2) is 0 Å². The van der Waals surface area contributed by atoms with Gasteiger partial charge in [0.25, 0.3) is 0 Å². The Kier molecular flexibility index (Phi) is 54.7. The van der Waals surface area contributed by atoms with E-state index < -0.39 is 6.10 Å². The molecule has 0 radical (unpaired) electrons. The predicted molar refractivity (Wildman–Crippen MR) is 289 cm³/mol. The summed E-state index contributed by atoms with van der Waals surface area (Å²) >= 11 is 0. The molecule has 0 aliphatic heterocycles. The summed E-state index contributed by atoms with van der Waals surface area (Å²) in [4.78, 5) is 38.2. The van der Waals surface area contributed by atoms with Crippen LogP contribution in [0.1, 0.15) is 329 Å². The van der Waals surface area contributed by atoms with Gasteiger partial charge in [0.05, 0.1) is 0 Å². The van der Waals surface area contributed by atoms with Crippen molar-refractivity contribution in [3.8, 4) is 0 Å². The van der Waals surface area contributed by atoms with Crippen LogP contribution < -0.4 is 0 Å². The smallest absolute Gasteiger partial charge is 0.306 e. The van der Waals surface area contributed by atoms with Crippen molar-refractivity contribution in [3.05, 3.63) is 24.3 Å². The average molecular weight is 944 g/mol. The molecule has 0 N–H and O–H groups in total. The summed E-state index contributed by atoms with van der Waals surface area (Å²) in [5.41, 5.74) is 0. The monoisotopic (exact) mass is 943 g/mol. The van der Waals surface area contributed by atoms with Crippen LogP contribution in [0.3, 0.4) is 0 Å². The van der Waals surface area contributed by atoms with E-state index in [-0.39, 0.29) is 31.1 Å². The van der Waals surface area contributed by atoms with Crippen molar-refractivity contribution in [3.63, 3.8) is 0 Å². The molecule has 67 heavy (non-hydrogen) atoms. The lowest BCUT2D eigenvalue weighted by Gasteiger charge is -2.18. The molecule has 0 spiro atoms. The summed E-state index contributed by atoms with van der Waals surface area (Å²) < 4.78 is 16.9. The van der Waals surface area contributed by atoms with E-state index in [4.69, 9.17) is 14.2 Å². The molecule has 0 aliphatic carbocycles. The molecule has 0 saturated heterocycles. The van der Waals surface area contributed by atoms with E-state index in [0.29, 0.717) is 19.3 Å². The number of ether oxygens (including phenoxy) is 3. The van der Waals surface area contributed by atoms with E-state index in [1.54, 1.807) is 0 Å². The molecule has 0 heterocycles. The Morgan fingerprint density at radius 2 is 0.493 bits per heavy atom. The van der Waals surface area contributed by atoms with Crippen molar-refractivity contribution >= 4 is 17.9 Å². The number of hydrogen-bond donors (Lipinski definition) is 0. The normalized spacial score (nSPS) is 12.1. The van der Waals surface area contributed by atoms with E-state index >= 15 is 0 Å². The van der Waals surface area contributed by atoms with Crippen molar-refractivity contribution in [2.45, 2.75) is 335 Å². The number of rotatable bonds is 55. The minimum Gasteiger partial charge on any atom is -0.462 e. The van der Waals surface area contributed by atoms with Crippen molar-refractivity contribution < 1.29 is 28.6 Å². The second-order valence-corrected chi connectivity index (χ2v) is 20.3. The van der Waals surface area contributed by atoms with Crippen LogP contribution in [-0.4, -0.2) is 37.2 Å². The molecular formula is C61H114O6. The molecule has 6 heteroatoms. The minimum atomic E-state index is -0.771. The number of carbonyl (C=O) groups is 3. The van der Waals surface area contributed by atoms with E-state index in [1.807, 2.05) is 0 Å². The van der Waals surface area contributed by atoms with Crippen molar-refractivity contribution in [2.24, 2.45) is 0 Å². The van der Waals surface area contributed by atoms with Crippen molar-refractivity contribution in [2.75, 3.05) is 13.2 Å². The molecule has 1 atom stereocenters. The first kappa shape index (κ1) is 64.9. The van der Waals surface area contributed by atoms with Gasteiger partial charge in [-0.05, 0) is 70.6 Å². The lowest BCUT2D eigenvalue weighted by atomic mass is 10.0. The number of unbranched alkanes of at least 4 members (excludes halogenated alkanes) is 40. The van der Waals surface area contributed by atoms with Crippen molar-refractivity contribution in [1.29, 1.82) is 0 Å². The number of carbonyl (C=O) groups excluding carboxylic acids is 3. The molecule has 0 aromatic heterocycles. The minimum absolute atomic E-state index is 0.0697. The Morgan fingerprint density at radius 3 is 0.761 bits per heavy atom. The van der Waals surface area contributed by atoms with Crippen LogP contribution in [-0.2, 0) is 28.6 Å². The second-order valence-electron chi connectivity index (χ2n) is 20.3. The molecular weight excluding hydrogens is 829 g/mol. The van der Waals surface area contributed by atoms with Gasteiger partial charge in [-0.1, -0.05) is 263 Å². The Bertz CT molecular complexity index is 1080. The first-order chi connectivity index (χ1) is 33.0. The predicted octanol–water partition coefficient (Wildman–Crippen LogP) is 19.9. The van der Waals surface area contributed by atoms with Gasteiger partial charge in [0, 0.05) is 19.3 Å². The third-order valence-corrected chi connectivity index (χ3v) is 13.4. The zero-order chi connectivity index (χ0) is 48.6.